The average molecular weight is 1150 g/mol. The third-order valence-electron chi connectivity index (χ3n) is 20.3. The number of carbonyl (C=O) groups excluding carboxylic acids is 5. The van der Waals surface area contributed by atoms with Gasteiger partial charge in [0.05, 0.1) is 29.6 Å². The third kappa shape index (κ3) is 13.3. The molecule has 0 spiro atoms. The first-order valence-electron chi connectivity index (χ1n) is 31.2. The Morgan fingerprint density at radius 1 is 0.293 bits per heavy atom. The van der Waals surface area contributed by atoms with Crippen molar-refractivity contribution in [3.05, 3.63) is 5.82 Å². The van der Waals surface area contributed by atoms with Gasteiger partial charge in [-0.15, -0.1) is 0 Å². The second-order valence-corrected chi connectivity index (χ2v) is 31.4. The number of hydrogen-bond acceptors (Lipinski definition) is 15. The highest BCUT2D eigenvalue weighted by molar-refractivity contribution is 5.88. The van der Waals surface area contributed by atoms with Crippen LogP contribution in [0.15, 0.2) is 0 Å². The monoisotopic (exact) mass is 1150 g/mol. The van der Waals surface area contributed by atoms with E-state index in [1.807, 2.05) is 0 Å². The number of likely N-dealkylation sites (tertiary alicyclic amines) is 5. The standard InChI is InChI=1S/C66H110FN5O10/c1-26-68-57(6,7)31-41(32-58(68,8)9)52(73)78-47-46(67)48(79-53(74)42-33-59(10,11)69(27-2)60(12,13)34-42)50(81-55(76)44-37-63(18,19)71(29-4)64(20,21)38-44)51(82-56(77)45-39-65(22,23)72(30-5)66(24,25)40-45)49(47)80-54(75)43-35-61(14,15)70(28-3)62(16,17)36-43/h41-45H,26-40H2,1-25H3. The number of carbonyl (C=O) groups is 5. The highest BCUT2D eigenvalue weighted by Crippen LogP contribution is 2.57. The molecule has 5 saturated heterocycles. The SMILES string of the molecule is CCN1C(C)(C)CC(C(=O)Oc2c(F)c(OC(=O)C3CC(C)(C)N(CC)C(C)(C)C3)c(OC(=O)C3CC(C)(C)N(CC)C(C)(C)C3)c(OC(=O)C3CC(C)(C)N(CC)C(C)(C)C3)c2OC(=O)C2CC(C)(C)N(CC)C(C)(C)C2)CC1(C)C. The summed E-state index contributed by atoms with van der Waals surface area (Å²) >= 11 is 0. The lowest BCUT2D eigenvalue weighted by Gasteiger charge is -2.54. The summed E-state index contributed by atoms with van der Waals surface area (Å²) in [4.78, 5) is 88.4. The number of esters is 5. The number of rotatable bonds is 15. The number of ether oxygens (including phenoxy) is 5. The maximum atomic E-state index is 19.0. The summed E-state index contributed by atoms with van der Waals surface area (Å²) in [6.07, 6.45) is 3.45. The van der Waals surface area contributed by atoms with Gasteiger partial charge in [-0.3, -0.25) is 48.5 Å². The number of piperidine rings is 5. The molecule has 0 bridgehead atoms. The summed E-state index contributed by atoms with van der Waals surface area (Å²) in [6.45, 7) is 55.3. The van der Waals surface area contributed by atoms with E-state index in [1.165, 1.54) is 0 Å². The Bertz CT molecular complexity index is 2350. The fraction of sp³-hybridized carbons (Fsp3) is 0.833. The van der Waals surface area contributed by atoms with Crippen LogP contribution in [0, 0.1) is 35.4 Å². The van der Waals surface area contributed by atoms with Crippen LogP contribution in [0.1, 0.15) is 237 Å². The zero-order valence-corrected chi connectivity index (χ0v) is 55.7. The number of nitrogens with zero attached hydrogens (tertiary/aromatic N) is 5. The first kappa shape index (κ1) is 67.4. The van der Waals surface area contributed by atoms with E-state index in [9.17, 15) is 0 Å². The van der Waals surface area contributed by atoms with Gasteiger partial charge in [-0.2, -0.15) is 4.39 Å². The zero-order chi connectivity index (χ0) is 62.3. The Labute approximate surface area is 494 Å². The van der Waals surface area contributed by atoms with Crippen LogP contribution >= 0.6 is 0 Å². The minimum absolute atomic E-state index is 0.340. The molecular weight excluding hydrogens is 1040 g/mol. The second kappa shape index (κ2) is 23.2. The molecule has 15 nitrogen and oxygen atoms in total. The van der Waals surface area contributed by atoms with Gasteiger partial charge in [-0.25, -0.2) is 0 Å². The zero-order valence-electron chi connectivity index (χ0n) is 55.7. The van der Waals surface area contributed by atoms with Crippen molar-refractivity contribution in [1.82, 2.24) is 24.5 Å². The van der Waals surface area contributed by atoms with Crippen LogP contribution in [-0.4, -0.2) is 142 Å². The Morgan fingerprint density at radius 2 is 0.415 bits per heavy atom. The van der Waals surface area contributed by atoms with Crippen molar-refractivity contribution in [2.24, 2.45) is 29.6 Å². The summed E-state index contributed by atoms with van der Waals surface area (Å²) in [5, 5.41) is 0. The molecule has 5 aliphatic heterocycles. The van der Waals surface area contributed by atoms with E-state index in [-0.39, 0.29) is 0 Å². The van der Waals surface area contributed by atoms with Gasteiger partial charge in [0.25, 0.3) is 0 Å². The molecule has 5 heterocycles. The molecule has 6 rings (SSSR count). The smallest absolute Gasteiger partial charge is 0.314 e. The normalized spacial score (nSPS) is 25.9. The molecule has 0 unspecified atom stereocenters. The summed E-state index contributed by atoms with van der Waals surface area (Å²) in [6, 6.07) is 0. The first-order valence-corrected chi connectivity index (χ1v) is 31.2. The first-order chi connectivity index (χ1) is 37.3. The maximum Gasteiger partial charge on any atom is 0.314 e. The lowest BCUT2D eigenvalue weighted by atomic mass is 9.73. The minimum atomic E-state index is -1.41. The minimum Gasteiger partial charge on any atom is -0.419 e. The summed E-state index contributed by atoms with van der Waals surface area (Å²) in [5.41, 5.74) is -5.00. The Morgan fingerprint density at radius 3 is 0.549 bits per heavy atom. The molecule has 1 aromatic rings. The molecule has 466 valence electrons. The van der Waals surface area contributed by atoms with E-state index in [0.29, 0.717) is 64.2 Å². The molecule has 0 aromatic heterocycles. The number of hydrogen-bond donors (Lipinski definition) is 0. The topological polar surface area (TPSA) is 148 Å². The molecule has 0 radical (unpaired) electrons. The van der Waals surface area contributed by atoms with Crippen molar-refractivity contribution >= 4 is 29.8 Å². The average Bonchev–Trinajstić information content (AvgIpc) is 3.01. The van der Waals surface area contributed by atoms with Gasteiger partial charge < -0.3 is 23.7 Å². The molecular formula is C66H110FN5O10. The molecule has 5 aliphatic rings. The molecule has 16 heteroatoms. The van der Waals surface area contributed by atoms with Crippen molar-refractivity contribution in [2.75, 3.05) is 32.7 Å². The Hall–Kier alpha value is -3.70. The van der Waals surface area contributed by atoms with Gasteiger partial charge in [0.2, 0.25) is 34.6 Å². The van der Waals surface area contributed by atoms with E-state index >= 15 is 28.4 Å². The van der Waals surface area contributed by atoms with Crippen molar-refractivity contribution in [2.45, 2.75) is 293 Å². The summed E-state index contributed by atoms with van der Waals surface area (Å²) < 4.78 is 51.6. The van der Waals surface area contributed by atoms with Crippen molar-refractivity contribution < 1.29 is 52.0 Å². The largest absolute Gasteiger partial charge is 0.419 e. The van der Waals surface area contributed by atoms with Gasteiger partial charge in [0.15, 0.2) is 0 Å². The Balaban J connectivity index is 1.67. The van der Waals surface area contributed by atoms with Gasteiger partial charge in [-0.05, 0) is 235 Å². The molecule has 1 aromatic carbocycles. The van der Waals surface area contributed by atoms with E-state index in [2.05, 4.69) is 198 Å². The predicted octanol–water partition coefficient (Wildman–Crippen LogP) is 12.8. The van der Waals surface area contributed by atoms with Crippen molar-refractivity contribution in [3.63, 3.8) is 0 Å². The molecule has 82 heavy (non-hydrogen) atoms. The second-order valence-electron chi connectivity index (χ2n) is 31.4. The highest BCUT2D eigenvalue weighted by atomic mass is 19.1. The summed E-state index contributed by atoms with van der Waals surface area (Å²) in [7, 11) is 0. The fourth-order valence-corrected chi connectivity index (χ4v) is 18.7. The molecule has 5 fully saturated rings. The molecule has 0 N–H and O–H groups in total. The van der Waals surface area contributed by atoms with Crippen molar-refractivity contribution in [1.29, 1.82) is 0 Å². The highest BCUT2D eigenvalue weighted by Gasteiger charge is 2.54. The molecule has 0 aliphatic carbocycles. The van der Waals surface area contributed by atoms with Crippen LogP contribution in [0.2, 0.25) is 0 Å². The quantitative estimate of drug-likeness (QED) is 0.121. The maximum absolute atomic E-state index is 19.0. The number of benzene rings is 1. The van der Waals surface area contributed by atoms with E-state index in [0.717, 1.165) is 32.7 Å². The molecule has 0 saturated carbocycles. The third-order valence-corrected chi connectivity index (χ3v) is 20.3. The van der Waals surface area contributed by atoms with E-state index < -0.39 is 149 Å². The number of halogens is 1. The van der Waals surface area contributed by atoms with Crippen molar-refractivity contribution in [3.8, 4) is 28.7 Å². The van der Waals surface area contributed by atoms with Crippen LogP contribution in [-0.2, 0) is 24.0 Å². The van der Waals surface area contributed by atoms with Gasteiger partial charge in [-0.1, -0.05) is 34.6 Å². The van der Waals surface area contributed by atoms with Crippen LogP contribution in [0.3, 0.4) is 0 Å². The van der Waals surface area contributed by atoms with Crippen LogP contribution in [0.4, 0.5) is 4.39 Å². The lowest BCUT2D eigenvalue weighted by molar-refractivity contribution is -0.152. The summed E-state index contributed by atoms with van der Waals surface area (Å²) in [5.74, 6) is -13.2. The van der Waals surface area contributed by atoms with Gasteiger partial charge in [0.1, 0.15) is 0 Å². The molecule has 0 amide bonds. The molecule has 0 atom stereocenters. The van der Waals surface area contributed by atoms with Crippen LogP contribution < -0.4 is 23.7 Å². The van der Waals surface area contributed by atoms with Gasteiger partial charge >= 0.3 is 29.8 Å². The Kier molecular flexibility index (Phi) is 19.1. The lowest BCUT2D eigenvalue weighted by Crippen LogP contribution is -2.61. The van der Waals surface area contributed by atoms with E-state index in [4.69, 9.17) is 23.7 Å². The van der Waals surface area contributed by atoms with Crippen LogP contribution in [0.5, 0.6) is 28.7 Å². The fourth-order valence-electron chi connectivity index (χ4n) is 18.7. The van der Waals surface area contributed by atoms with Gasteiger partial charge in [0, 0.05) is 55.4 Å². The van der Waals surface area contributed by atoms with Crippen LogP contribution in [0.25, 0.3) is 0 Å². The predicted molar refractivity (Wildman–Crippen MR) is 321 cm³/mol. The van der Waals surface area contributed by atoms with E-state index in [1.54, 1.807) is 0 Å².